The predicted molar refractivity (Wildman–Crippen MR) is 128 cm³/mol. The second kappa shape index (κ2) is 9.97. The predicted octanol–water partition coefficient (Wildman–Crippen LogP) is 4.29. The van der Waals surface area contributed by atoms with Crippen molar-refractivity contribution in [2.75, 3.05) is 0 Å². The zero-order valence-corrected chi connectivity index (χ0v) is 18.9. The van der Waals surface area contributed by atoms with Crippen LogP contribution in [-0.4, -0.2) is 25.7 Å². The molecule has 2 aromatic heterocycles. The maximum atomic E-state index is 13.2. The molecule has 2 aromatic carbocycles. The van der Waals surface area contributed by atoms with E-state index in [0.29, 0.717) is 34.2 Å². The molecule has 0 fully saturated rings. The number of halogens is 1. The second-order valence-corrected chi connectivity index (χ2v) is 8.95. The molecule has 2 heterocycles. The molecule has 0 saturated carbocycles. The third-order valence-corrected chi connectivity index (χ3v) is 6.41. The Hall–Kier alpha value is -3.16. The number of rotatable bonds is 7. The Bertz CT molecular complexity index is 1310. The van der Waals surface area contributed by atoms with Gasteiger partial charge in [0.15, 0.2) is 5.16 Å². The average Bonchev–Trinajstić information content (AvgIpc) is 2.81. The van der Waals surface area contributed by atoms with E-state index in [4.69, 9.17) is 16.6 Å². The van der Waals surface area contributed by atoms with Crippen molar-refractivity contribution in [1.29, 1.82) is 0 Å². The number of amides is 1. The molecule has 0 spiro atoms. The van der Waals surface area contributed by atoms with Gasteiger partial charge in [0.1, 0.15) is 0 Å². The number of nitrogens with zero attached hydrogens (tertiary/aromatic N) is 3. The van der Waals surface area contributed by atoms with Crippen LogP contribution in [0.1, 0.15) is 18.1 Å². The van der Waals surface area contributed by atoms with Crippen LogP contribution in [-0.2, 0) is 17.9 Å². The van der Waals surface area contributed by atoms with Crippen molar-refractivity contribution in [3.05, 3.63) is 99.6 Å². The quantitative estimate of drug-likeness (QED) is 0.326. The fraction of sp³-hybridized carbons (Fsp3) is 0.167. The first-order valence-electron chi connectivity index (χ1n) is 10.1. The lowest BCUT2D eigenvalue weighted by molar-refractivity contribution is -0.120. The molecule has 1 amide bonds. The molecular weight excluding hydrogens is 444 g/mol. The molecule has 6 nitrogen and oxygen atoms in total. The molecular formula is C24H21ClN4O2S. The highest BCUT2D eigenvalue weighted by molar-refractivity contribution is 8.00. The van der Waals surface area contributed by atoms with Gasteiger partial charge in [0.05, 0.1) is 22.7 Å². The highest BCUT2D eigenvalue weighted by atomic mass is 35.5. The molecule has 0 saturated heterocycles. The van der Waals surface area contributed by atoms with Gasteiger partial charge < -0.3 is 5.32 Å². The fourth-order valence-corrected chi connectivity index (χ4v) is 4.37. The van der Waals surface area contributed by atoms with Gasteiger partial charge >= 0.3 is 0 Å². The Morgan fingerprint density at radius 2 is 1.91 bits per heavy atom. The first-order chi connectivity index (χ1) is 15.5. The standard InChI is InChI=1S/C24H21ClN4O2S/c1-16(22(30)27-14-18-8-2-4-10-20(18)25)32-24-28-21-11-5-3-9-19(21)23(31)29(24)15-17-7-6-12-26-13-17/h2-13,16H,14-15H2,1H3,(H,27,30). The van der Waals surface area contributed by atoms with Gasteiger partial charge in [-0.25, -0.2) is 4.98 Å². The van der Waals surface area contributed by atoms with Crippen molar-refractivity contribution in [2.24, 2.45) is 0 Å². The lowest BCUT2D eigenvalue weighted by Gasteiger charge is -2.16. The first kappa shape index (κ1) is 22.0. The van der Waals surface area contributed by atoms with Crippen LogP contribution in [0.2, 0.25) is 5.02 Å². The summed E-state index contributed by atoms with van der Waals surface area (Å²) in [5.41, 5.74) is 2.18. The number of para-hydroxylation sites is 1. The summed E-state index contributed by atoms with van der Waals surface area (Å²) in [6, 6.07) is 18.3. The minimum atomic E-state index is -0.467. The zero-order valence-electron chi connectivity index (χ0n) is 17.4. The van der Waals surface area contributed by atoms with Crippen LogP contribution < -0.4 is 10.9 Å². The van der Waals surface area contributed by atoms with Crippen LogP contribution in [0.25, 0.3) is 10.9 Å². The third kappa shape index (κ3) is 5.00. The number of carbonyl (C=O) groups excluding carboxylic acids is 1. The van der Waals surface area contributed by atoms with Gasteiger partial charge in [0.2, 0.25) is 5.91 Å². The minimum absolute atomic E-state index is 0.148. The van der Waals surface area contributed by atoms with Gasteiger partial charge in [-0.1, -0.05) is 59.8 Å². The van der Waals surface area contributed by atoms with Crippen molar-refractivity contribution in [3.63, 3.8) is 0 Å². The largest absolute Gasteiger partial charge is 0.351 e. The van der Waals surface area contributed by atoms with E-state index < -0.39 is 5.25 Å². The highest BCUT2D eigenvalue weighted by Gasteiger charge is 2.20. The maximum Gasteiger partial charge on any atom is 0.262 e. The molecule has 0 bridgehead atoms. The summed E-state index contributed by atoms with van der Waals surface area (Å²) in [7, 11) is 0. The lowest BCUT2D eigenvalue weighted by Crippen LogP contribution is -2.32. The van der Waals surface area contributed by atoms with Crippen LogP contribution in [0.5, 0.6) is 0 Å². The van der Waals surface area contributed by atoms with E-state index in [-0.39, 0.29) is 11.5 Å². The van der Waals surface area contributed by atoms with Crippen LogP contribution in [0.3, 0.4) is 0 Å². The van der Waals surface area contributed by atoms with Crippen molar-refractivity contribution in [3.8, 4) is 0 Å². The van der Waals surface area contributed by atoms with E-state index in [2.05, 4.69) is 10.3 Å². The molecule has 0 aliphatic carbocycles. The Labute approximate surface area is 194 Å². The first-order valence-corrected chi connectivity index (χ1v) is 11.3. The van der Waals surface area contributed by atoms with Crippen LogP contribution >= 0.6 is 23.4 Å². The highest BCUT2D eigenvalue weighted by Crippen LogP contribution is 2.24. The summed E-state index contributed by atoms with van der Waals surface area (Å²) < 4.78 is 1.60. The summed E-state index contributed by atoms with van der Waals surface area (Å²) in [6.07, 6.45) is 3.40. The van der Waals surface area contributed by atoms with Gasteiger partial charge in [0.25, 0.3) is 5.56 Å². The van der Waals surface area contributed by atoms with Gasteiger partial charge in [-0.2, -0.15) is 0 Å². The average molecular weight is 465 g/mol. The second-order valence-electron chi connectivity index (χ2n) is 7.23. The Kier molecular flexibility index (Phi) is 6.87. The summed E-state index contributed by atoms with van der Waals surface area (Å²) >= 11 is 7.43. The molecule has 0 aliphatic heterocycles. The normalized spacial score (nSPS) is 11.9. The molecule has 1 N–H and O–H groups in total. The number of aromatic nitrogens is 3. The number of nitrogens with one attached hydrogen (secondary N) is 1. The smallest absolute Gasteiger partial charge is 0.262 e. The van der Waals surface area contributed by atoms with E-state index in [9.17, 15) is 9.59 Å². The van der Waals surface area contributed by atoms with Crippen molar-refractivity contribution in [1.82, 2.24) is 19.9 Å². The molecule has 0 radical (unpaired) electrons. The molecule has 1 unspecified atom stereocenters. The fourth-order valence-electron chi connectivity index (χ4n) is 3.23. The minimum Gasteiger partial charge on any atom is -0.351 e. The Morgan fingerprint density at radius 1 is 1.12 bits per heavy atom. The summed E-state index contributed by atoms with van der Waals surface area (Å²) in [5, 5.41) is 4.07. The topological polar surface area (TPSA) is 76.9 Å². The van der Waals surface area contributed by atoms with E-state index in [0.717, 1.165) is 11.1 Å². The van der Waals surface area contributed by atoms with E-state index in [1.807, 2.05) is 42.5 Å². The number of fused-ring (bicyclic) bond motifs is 1. The van der Waals surface area contributed by atoms with E-state index >= 15 is 0 Å². The molecule has 1 atom stereocenters. The van der Waals surface area contributed by atoms with Crippen LogP contribution in [0, 0.1) is 0 Å². The van der Waals surface area contributed by atoms with E-state index in [1.54, 1.807) is 42.1 Å². The molecule has 162 valence electrons. The maximum absolute atomic E-state index is 13.2. The molecule has 8 heteroatoms. The summed E-state index contributed by atoms with van der Waals surface area (Å²) in [4.78, 5) is 34.8. The Balaban J connectivity index is 1.59. The van der Waals surface area contributed by atoms with Crippen molar-refractivity contribution in [2.45, 2.75) is 30.4 Å². The molecule has 0 aliphatic rings. The molecule has 4 aromatic rings. The number of pyridine rings is 1. The SMILES string of the molecule is CC(Sc1nc2ccccc2c(=O)n1Cc1cccnc1)C(=O)NCc1ccccc1Cl. The van der Waals surface area contributed by atoms with Gasteiger partial charge in [-0.3, -0.25) is 19.1 Å². The van der Waals surface area contributed by atoms with Gasteiger partial charge in [-0.15, -0.1) is 0 Å². The monoisotopic (exact) mass is 464 g/mol. The molecule has 4 rings (SSSR count). The van der Waals surface area contributed by atoms with Gasteiger partial charge in [-0.05, 0) is 42.3 Å². The van der Waals surface area contributed by atoms with E-state index in [1.165, 1.54) is 11.8 Å². The number of carbonyl (C=O) groups is 1. The van der Waals surface area contributed by atoms with Crippen molar-refractivity contribution < 1.29 is 4.79 Å². The lowest BCUT2D eigenvalue weighted by atomic mass is 10.2. The third-order valence-electron chi connectivity index (χ3n) is 4.95. The van der Waals surface area contributed by atoms with Gasteiger partial charge in [0, 0.05) is 24.0 Å². The Morgan fingerprint density at radius 3 is 2.69 bits per heavy atom. The number of thioether (sulfide) groups is 1. The number of hydrogen-bond acceptors (Lipinski definition) is 5. The number of hydrogen-bond donors (Lipinski definition) is 1. The number of benzene rings is 2. The summed E-state index contributed by atoms with van der Waals surface area (Å²) in [6.45, 7) is 2.44. The van der Waals surface area contributed by atoms with Crippen LogP contribution in [0.4, 0.5) is 0 Å². The van der Waals surface area contributed by atoms with Crippen LogP contribution in [0.15, 0.2) is 83.0 Å². The molecule has 32 heavy (non-hydrogen) atoms. The van der Waals surface area contributed by atoms with Crippen molar-refractivity contribution >= 4 is 40.2 Å². The zero-order chi connectivity index (χ0) is 22.5. The summed E-state index contributed by atoms with van der Waals surface area (Å²) in [5.74, 6) is -0.162.